The van der Waals surface area contributed by atoms with E-state index in [1.165, 1.54) is 4.68 Å². The molecule has 4 atom stereocenters. The molecule has 2 saturated carbocycles. The van der Waals surface area contributed by atoms with E-state index in [2.05, 4.69) is 15.3 Å². The van der Waals surface area contributed by atoms with Crippen LogP contribution in [0.2, 0.25) is 0 Å². The molecule has 0 aliphatic heterocycles. The number of carboxylic acids is 1. The normalized spacial score (nSPS) is 27.0. The monoisotopic (exact) mass is 342 g/mol. The number of fused-ring (bicyclic) bond motifs is 1. The highest BCUT2D eigenvalue weighted by Gasteiger charge is 2.63. The Bertz CT molecular complexity index is 862. The van der Waals surface area contributed by atoms with Crippen molar-refractivity contribution in [3.63, 3.8) is 0 Å². The second kappa shape index (κ2) is 5.65. The summed E-state index contributed by atoms with van der Waals surface area (Å²) in [4.78, 5) is 26.9. The number of hydrogen-bond donors (Lipinski definition) is 1. The van der Waals surface area contributed by atoms with Crippen molar-refractivity contribution >= 4 is 12.3 Å². The zero-order chi connectivity index (χ0) is 17.7. The SMILES string of the molecule is Cc1nc(-c2nnn(C)c2C=O)ccc1O[C@@H]1CC[C@H]2[C@@H](C(=O)O)[C@H]21. The highest BCUT2D eigenvalue weighted by atomic mass is 16.5. The summed E-state index contributed by atoms with van der Waals surface area (Å²) in [6, 6.07) is 3.54. The van der Waals surface area contributed by atoms with Crippen LogP contribution >= 0.6 is 0 Å². The third-order valence-electron chi connectivity index (χ3n) is 5.27. The number of aldehydes is 1. The molecule has 2 fully saturated rings. The van der Waals surface area contributed by atoms with E-state index >= 15 is 0 Å². The van der Waals surface area contributed by atoms with E-state index < -0.39 is 5.97 Å². The minimum Gasteiger partial charge on any atom is -0.488 e. The van der Waals surface area contributed by atoms with Gasteiger partial charge in [0.15, 0.2) is 6.29 Å². The summed E-state index contributed by atoms with van der Waals surface area (Å²) in [5.74, 6) is 0.0172. The molecule has 0 amide bonds. The second-order valence-electron chi connectivity index (χ2n) is 6.68. The topological polar surface area (TPSA) is 107 Å². The summed E-state index contributed by atoms with van der Waals surface area (Å²) in [5, 5.41) is 17.0. The van der Waals surface area contributed by atoms with Crippen LogP contribution < -0.4 is 4.74 Å². The molecule has 25 heavy (non-hydrogen) atoms. The van der Waals surface area contributed by atoms with Gasteiger partial charge in [0, 0.05) is 13.0 Å². The van der Waals surface area contributed by atoms with Crippen LogP contribution in [0.15, 0.2) is 12.1 Å². The van der Waals surface area contributed by atoms with Crippen LogP contribution in [0, 0.1) is 24.7 Å². The average Bonchev–Trinajstić information content (AvgIpc) is 2.99. The van der Waals surface area contributed by atoms with Crippen molar-refractivity contribution in [3.05, 3.63) is 23.5 Å². The first-order chi connectivity index (χ1) is 12.0. The number of rotatable bonds is 5. The second-order valence-corrected chi connectivity index (χ2v) is 6.68. The van der Waals surface area contributed by atoms with Gasteiger partial charge >= 0.3 is 5.97 Å². The van der Waals surface area contributed by atoms with Crippen molar-refractivity contribution in [1.29, 1.82) is 0 Å². The number of ether oxygens (including phenoxy) is 1. The number of carboxylic acid groups (broad SMARTS) is 1. The molecule has 8 nitrogen and oxygen atoms in total. The van der Waals surface area contributed by atoms with Crippen LogP contribution in [0.1, 0.15) is 29.0 Å². The Morgan fingerprint density at radius 1 is 1.40 bits per heavy atom. The van der Waals surface area contributed by atoms with Gasteiger partial charge in [-0.3, -0.25) is 9.59 Å². The Labute approximate surface area is 143 Å². The van der Waals surface area contributed by atoms with Gasteiger partial charge in [-0.1, -0.05) is 5.21 Å². The van der Waals surface area contributed by atoms with Crippen LogP contribution in [-0.4, -0.2) is 43.4 Å². The molecule has 0 saturated heterocycles. The van der Waals surface area contributed by atoms with Crippen molar-refractivity contribution in [1.82, 2.24) is 20.0 Å². The van der Waals surface area contributed by atoms with Gasteiger partial charge in [0.2, 0.25) is 0 Å². The number of hydrogen-bond acceptors (Lipinski definition) is 6. The van der Waals surface area contributed by atoms with Gasteiger partial charge in [0.25, 0.3) is 0 Å². The predicted molar refractivity (Wildman–Crippen MR) is 86.1 cm³/mol. The molecule has 0 bridgehead atoms. The van der Waals surface area contributed by atoms with Gasteiger partial charge in [0.05, 0.1) is 17.3 Å². The first kappa shape index (κ1) is 15.7. The highest BCUT2D eigenvalue weighted by molar-refractivity contribution is 5.82. The van der Waals surface area contributed by atoms with E-state index in [0.29, 0.717) is 34.8 Å². The van der Waals surface area contributed by atoms with Crippen molar-refractivity contribution in [2.45, 2.75) is 25.9 Å². The smallest absolute Gasteiger partial charge is 0.307 e. The van der Waals surface area contributed by atoms with Crippen LogP contribution in [0.4, 0.5) is 0 Å². The maximum atomic E-state index is 11.2. The summed E-state index contributed by atoms with van der Waals surface area (Å²) < 4.78 is 7.46. The fourth-order valence-corrected chi connectivity index (χ4v) is 3.96. The Hall–Kier alpha value is -2.77. The largest absolute Gasteiger partial charge is 0.488 e. The lowest BCUT2D eigenvalue weighted by Crippen LogP contribution is -2.20. The van der Waals surface area contributed by atoms with Crippen molar-refractivity contribution in [2.24, 2.45) is 24.8 Å². The van der Waals surface area contributed by atoms with Gasteiger partial charge in [-0.15, -0.1) is 5.10 Å². The maximum absolute atomic E-state index is 11.2. The molecule has 8 heteroatoms. The number of nitrogens with zero attached hydrogens (tertiary/aromatic N) is 4. The minimum absolute atomic E-state index is 0.0699. The van der Waals surface area contributed by atoms with Crippen molar-refractivity contribution in [2.75, 3.05) is 0 Å². The Morgan fingerprint density at radius 3 is 2.84 bits per heavy atom. The maximum Gasteiger partial charge on any atom is 0.307 e. The number of pyridine rings is 1. The van der Waals surface area contributed by atoms with E-state index in [-0.39, 0.29) is 23.9 Å². The molecule has 4 rings (SSSR count). The van der Waals surface area contributed by atoms with Gasteiger partial charge in [0.1, 0.15) is 23.2 Å². The molecule has 1 N–H and O–H groups in total. The number of aryl methyl sites for hydroxylation is 2. The molecular formula is C17H18N4O4. The average molecular weight is 342 g/mol. The molecule has 2 aliphatic carbocycles. The molecule has 130 valence electrons. The van der Waals surface area contributed by atoms with Crippen LogP contribution in [0.3, 0.4) is 0 Å². The van der Waals surface area contributed by atoms with E-state index in [1.54, 1.807) is 19.2 Å². The van der Waals surface area contributed by atoms with E-state index in [9.17, 15) is 14.7 Å². The summed E-state index contributed by atoms with van der Waals surface area (Å²) in [6.07, 6.45) is 2.41. The fourth-order valence-electron chi connectivity index (χ4n) is 3.96. The summed E-state index contributed by atoms with van der Waals surface area (Å²) >= 11 is 0. The standard InChI is InChI=1S/C17H18N4O4/c1-8-12(25-13-5-3-9-14(13)15(9)17(23)24)6-4-10(18-8)16-11(7-22)21(2)20-19-16/h4,6-7,9,13-15H,3,5H2,1-2H3,(H,23,24)/t9-,13-,14-,15-/m1/s1. The number of aromatic nitrogens is 4. The zero-order valence-electron chi connectivity index (χ0n) is 13.9. The van der Waals surface area contributed by atoms with Crippen LogP contribution in [0.25, 0.3) is 11.4 Å². The molecule has 2 heterocycles. The minimum atomic E-state index is -0.725. The van der Waals surface area contributed by atoms with E-state index in [1.807, 2.05) is 6.92 Å². The summed E-state index contributed by atoms with van der Waals surface area (Å²) in [6.45, 7) is 1.82. The lowest BCUT2D eigenvalue weighted by Gasteiger charge is -2.17. The predicted octanol–water partition coefficient (Wildman–Crippen LogP) is 1.49. The number of aliphatic carboxylic acids is 1. The van der Waals surface area contributed by atoms with Gasteiger partial charge < -0.3 is 9.84 Å². The first-order valence-electron chi connectivity index (χ1n) is 8.23. The lowest BCUT2D eigenvalue weighted by molar-refractivity contribution is -0.139. The quantitative estimate of drug-likeness (QED) is 0.820. The van der Waals surface area contributed by atoms with Crippen molar-refractivity contribution in [3.8, 4) is 17.1 Å². The third kappa shape index (κ3) is 2.48. The fraction of sp³-hybridized carbons (Fsp3) is 0.471. The van der Waals surface area contributed by atoms with E-state index in [0.717, 1.165) is 12.8 Å². The molecule has 0 radical (unpaired) electrons. The Balaban J connectivity index is 1.55. The zero-order valence-corrected chi connectivity index (χ0v) is 13.9. The third-order valence-corrected chi connectivity index (χ3v) is 5.27. The first-order valence-corrected chi connectivity index (χ1v) is 8.23. The van der Waals surface area contributed by atoms with E-state index in [4.69, 9.17) is 4.74 Å². The summed E-state index contributed by atoms with van der Waals surface area (Å²) in [7, 11) is 1.65. The Morgan fingerprint density at radius 2 is 2.20 bits per heavy atom. The molecule has 2 aromatic rings. The molecular weight excluding hydrogens is 324 g/mol. The molecule has 2 aliphatic rings. The highest BCUT2D eigenvalue weighted by Crippen LogP contribution is 2.58. The summed E-state index contributed by atoms with van der Waals surface area (Å²) in [5.41, 5.74) is 2.03. The van der Waals surface area contributed by atoms with Gasteiger partial charge in [-0.2, -0.15) is 0 Å². The van der Waals surface area contributed by atoms with Gasteiger partial charge in [-0.05, 0) is 37.8 Å². The molecule has 0 aromatic carbocycles. The number of carbonyl (C=O) groups excluding carboxylic acids is 1. The number of carbonyl (C=O) groups is 2. The molecule has 2 aromatic heterocycles. The Kier molecular flexibility index (Phi) is 3.55. The molecule has 0 spiro atoms. The van der Waals surface area contributed by atoms with Crippen LogP contribution in [0.5, 0.6) is 5.75 Å². The lowest BCUT2D eigenvalue weighted by atomic mass is 10.1. The van der Waals surface area contributed by atoms with Crippen molar-refractivity contribution < 1.29 is 19.4 Å². The van der Waals surface area contributed by atoms with Gasteiger partial charge in [-0.25, -0.2) is 9.67 Å². The molecule has 0 unspecified atom stereocenters. The van der Waals surface area contributed by atoms with Crippen LogP contribution in [-0.2, 0) is 11.8 Å².